The molecule has 0 N–H and O–H groups in total. The molecule has 1 aliphatic rings. The monoisotopic (exact) mass is 199 g/mol. The van der Waals surface area contributed by atoms with Crippen molar-refractivity contribution in [3.05, 3.63) is 12.3 Å². The number of likely N-dealkylation sites (tertiary alicyclic amines) is 1. The Hall–Kier alpha value is -1.03. The Morgan fingerprint density at radius 1 is 1.64 bits per heavy atom. The molecular weight excluding hydrogens is 182 g/mol. The number of carbonyl (C=O) groups excluding carboxylic acids is 1. The maximum absolute atomic E-state index is 11.5. The van der Waals surface area contributed by atoms with Crippen LogP contribution in [0, 0.1) is 0 Å². The van der Waals surface area contributed by atoms with Gasteiger partial charge in [-0.15, -0.1) is 0 Å². The van der Waals surface area contributed by atoms with Crippen LogP contribution in [0.15, 0.2) is 12.3 Å². The fraction of sp³-hybridized carbons (Fsp3) is 0.700. The van der Waals surface area contributed by atoms with Crippen LogP contribution < -0.4 is 0 Å². The average molecular weight is 199 g/mol. The van der Waals surface area contributed by atoms with Crippen molar-refractivity contribution in [2.45, 2.75) is 25.8 Å². The lowest BCUT2D eigenvalue weighted by Gasteiger charge is -2.23. The number of methoxy groups -OCH3 is 1. The summed E-state index contributed by atoms with van der Waals surface area (Å²) in [5.74, 6) is 0.429. The Labute approximate surface area is 84.5 Å². The smallest absolute Gasteiger partial charge is 0.415 e. The third kappa shape index (κ3) is 2.73. The van der Waals surface area contributed by atoms with Crippen LogP contribution in [-0.4, -0.2) is 37.3 Å². The maximum atomic E-state index is 11.5. The summed E-state index contributed by atoms with van der Waals surface area (Å²) in [5.41, 5.74) is 0. The molecule has 0 bridgehead atoms. The van der Waals surface area contributed by atoms with E-state index in [-0.39, 0.29) is 12.1 Å². The van der Waals surface area contributed by atoms with Crippen molar-refractivity contribution in [3.63, 3.8) is 0 Å². The number of amides is 1. The zero-order valence-corrected chi connectivity index (χ0v) is 8.78. The first-order chi connectivity index (χ1) is 6.65. The van der Waals surface area contributed by atoms with Gasteiger partial charge in [0.2, 0.25) is 0 Å². The minimum absolute atomic E-state index is 0.159. The fourth-order valence-electron chi connectivity index (χ4n) is 1.65. The third-order valence-corrected chi connectivity index (χ3v) is 2.23. The SMILES string of the molecule is C=C(C)OC(=O)N1CCC[C@H]1COC. The van der Waals surface area contributed by atoms with Gasteiger partial charge >= 0.3 is 6.09 Å². The molecule has 0 aliphatic carbocycles. The average Bonchev–Trinajstić information content (AvgIpc) is 2.51. The first kappa shape index (κ1) is 11.0. The number of ether oxygens (including phenoxy) is 2. The summed E-state index contributed by atoms with van der Waals surface area (Å²) < 4.78 is 9.99. The Kier molecular flexibility index (Phi) is 3.95. The van der Waals surface area contributed by atoms with Gasteiger partial charge in [0, 0.05) is 13.7 Å². The van der Waals surface area contributed by atoms with Crippen molar-refractivity contribution in [2.24, 2.45) is 0 Å². The standard InChI is InChI=1S/C10H17NO3/c1-8(2)14-10(12)11-6-4-5-9(11)7-13-3/h9H,1,4-7H2,2-3H3/t9-/m0/s1. The topological polar surface area (TPSA) is 38.8 Å². The van der Waals surface area contributed by atoms with Crippen molar-refractivity contribution in [3.8, 4) is 0 Å². The van der Waals surface area contributed by atoms with E-state index in [0.29, 0.717) is 12.4 Å². The van der Waals surface area contributed by atoms with Gasteiger partial charge in [-0.3, -0.25) is 0 Å². The molecular formula is C10H17NO3. The van der Waals surface area contributed by atoms with Crippen molar-refractivity contribution in [1.29, 1.82) is 0 Å². The van der Waals surface area contributed by atoms with E-state index in [2.05, 4.69) is 6.58 Å². The van der Waals surface area contributed by atoms with Crippen molar-refractivity contribution in [1.82, 2.24) is 4.90 Å². The molecule has 1 heterocycles. The number of carbonyl (C=O) groups is 1. The van der Waals surface area contributed by atoms with Crippen LogP contribution in [0.25, 0.3) is 0 Å². The summed E-state index contributed by atoms with van der Waals surface area (Å²) in [7, 11) is 1.64. The van der Waals surface area contributed by atoms with Crippen molar-refractivity contribution >= 4 is 6.09 Å². The van der Waals surface area contributed by atoms with Crippen LogP contribution in [0.1, 0.15) is 19.8 Å². The summed E-state index contributed by atoms with van der Waals surface area (Å²) in [5, 5.41) is 0. The Morgan fingerprint density at radius 2 is 2.36 bits per heavy atom. The first-order valence-electron chi connectivity index (χ1n) is 4.78. The van der Waals surface area contributed by atoms with Crippen LogP contribution in [0.4, 0.5) is 4.79 Å². The van der Waals surface area contributed by atoms with Gasteiger partial charge < -0.3 is 14.4 Å². The third-order valence-electron chi connectivity index (χ3n) is 2.23. The predicted molar refractivity (Wildman–Crippen MR) is 52.9 cm³/mol. The Bertz CT molecular complexity index is 227. The molecule has 14 heavy (non-hydrogen) atoms. The Morgan fingerprint density at radius 3 is 2.93 bits per heavy atom. The molecule has 4 nitrogen and oxygen atoms in total. The molecule has 0 saturated carbocycles. The first-order valence-corrected chi connectivity index (χ1v) is 4.78. The summed E-state index contributed by atoms with van der Waals surface area (Å²) in [6.07, 6.45) is 1.69. The van der Waals surface area contributed by atoms with E-state index >= 15 is 0 Å². The van der Waals surface area contributed by atoms with Gasteiger partial charge in [0.15, 0.2) is 0 Å². The van der Waals surface area contributed by atoms with Crippen LogP contribution in [0.3, 0.4) is 0 Å². The second-order valence-corrected chi connectivity index (χ2v) is 3.51. The molecule has 1 aliphatic heterocycles. The predicted octanol–water partition coefficient (Wildman–Crippen LogP) is 1.77. The summed E-state index contributed by atoms with van der Waals surface area (Å²) in [6.45, 7) is 6.53. The van der Waals surface area contributed by atoms with Gasteiger partial charge in [0.1, 0.15) is 0 Å². The fourth-order valence-corrected chi connectivity index (χ4v) is 1.65. The molecule has 0 unspecified atom stereocenters. The second kappa shape index (κ2) is 5.00. The molecule has 0 aromatic rings. The van der Waals surface area contributed by atoms with E-state index < -0.39 is 0 Å². The minimum atomic E-state index is -0.308. The van der Waals surface area contributed by atoms with Crippen LogP contribution in [0.2, 0.25) is 0 Å². The van der Waals surface area contributed by atoms with Gasteiger partial charge in [-0.05, 0) is 19.8 Å². The largest absolute Gasteiger partial charge is 0.416 e. The number of nitrogens with zero attached hydrogens (tertiary/aromatic N) is 1. The highest BCUT2D eigenvalue weighted by Gasteiger charge is 2.29. The molecule has 4 heteroatoms. The van der Waals surface area contributed by atoms with Crippen LogP contribution in [0.5, 0.6) is 0 Å². The molecule has 1 fully saturated rings. The quantitative estimate of drug-likeness (QED) is 0.650. The summed E-state index contributed by atoms with van der Waals surface area (Å²) >= 11 is 0. The number of rotatable bonds is 3. The molecule has 1 rings (SSSR count). The lowest BCUT2D eigenvalue weighted by Crippen LogP contribution is -2.38. The maximum Gasteiger partial charge on any atom is 0.415 e. The van der Waals surface area contributed by atoms with Crippen LogP contribution in [-0.2, 0) is 9.47 Å². The normalized spacial score (nSPS) is 21.0. The van der Waals surface area contributed by atoms with E-state index in [1.807, 2.05) is 0 Å². The molecule has 0 spiro atoms. The van der Waals surface area contributed by atoms with E-state index in [1.165, 1.54) is 0 Å². The lowest BCUT2D eigenvalue weighted by molar-refractivity contribution is 0.0905. The zero-order chi connectivity index (χ0) is 10.6. The minimum Gasteiger partial charge on any atom is -0.416 e. The van der Waals surface area contributed by atoms with E-state index in [4.69, 9.17) is 9.47 Å². The second-order valence-electron chi connectivity index (χ2n) is 3.51. The zero-order valence-electron chi connectivity index (χ0n) is 8.78. The molecule has 0 radical (unpaired) electrons. The molecule has 1 saturated heterocycles. The molecule has 0 aromatic heterocycles. The molecule has 1 amide bonds. The lowest BCUT2D eigenvalue weighted by atomic mass is 10.2. The molecule has 80 valence electrons. The van der Waals surface area contributed by atoms with E-state index in [9.17, 15) is 4.79 Å². The van der Waals surface area contributed by atoms with Crippen molar-refractivity contribution in [2.75, 3.05) is 20.3 Å². The van der Waals surface area contributed by atoms with Gasteiger partial charge in [0.05, 0.1) is 18.4 Å². The Balaban J connectivity index is 2.48. The highest BCUT2D eigenvalue weighted by molar-refractivity contribution is 5.69. The highest BCUT2D eigenvalue weighted by atomic mass is 16.6. The van der Waals surface area contributed by atoms with Gasteiger partial charge in [0.25, 0.3) is 0 Å². The summed E-state index contributed by atoms with van der Waals surface area (Å²) in [6, 6.07) is 0.159. The van der Waals surface area contributed by atoms with E-state index in [0.717, 1.165) is 19.4 Å². The van der Waals surface area contributed by atoms with Gasteiger partial charge in [-0.2, -0.15) is 0 Å². The van der Waals surface area contributed by atoms with Gasteiger partial charge in [-0.25, -0.2) is 4.79 Å². The molecule has 1 atom stereocenters. The molecule has 0 aromatic carbocycles. The number of hydrogen-bond donors (Lipinski definition) is 0. The summed E-state index contributed by atoms with van der Waals surface area (Å²) in [4.78, 5) is 13.2. The number of allylic oxidation sites excluding steroid dienone is 1. The van der Waals surface area contributed by atoms with Gasteiger partial charge in [-0.1, -0.05) is 6.58 Å². The van der Waals surface area contributed by atoms with E-state index in [1.54, 1.807) is 18.9 Å². The number of hydrogen-bond acceptors (Lipinski definition) is 3. The highest BCUT2D eigenvalue weighted by Crippen LogP contribution is 2.18. The van der Waals surface area contributed by atoms with Crippen molar-refractivity contribution < 1.29 is 14.3 Å². The van der Waals surface area contributed by atoms with Crippen LogP contribution >= 0.6 is 0 Å².